The number of hydrogen-bond acceptors (Lipinski definition) is 4. The number of esters is 1. The summed E-state index contributed by atoms with van der Waals surface area (Å²) in [6.07, 6.45) is 1.41. The molecule has 0 aromatic heterocycles. The summed E-state index contributed by atoms with van der Waals surface area (Å²) in [7, 11) is 1.63. The minimum Gasteiger partial charge on any atom is -0.497 e. The first kappa shape index (κ1) is 14.3. The molecule has 118 valence electrons. The van der Waals surface area contributed by atoms with Crippen LogP contribution in [0.4, 0.5) is 0 Å². The SMILES string of the molecule is COc1ccc(C2(c3ccccc3)OC2C(=O)OC2CC2)cc1. The van der Waals surface area contributed by atoms with E-state index in [-0.39, 0.29) is 12.1 Å². The maximum atomic E-state index is 12.4. The van der Waals surface area contributed by atoms with Crippen LogP contribution in [0.3, 0.4) is 0 Å². The molecule has 2 aliphatic rings. The van der Waals surface area contributed by atoms with Crippen LogP contribution in [-0.4, -0.2) is 25.3 Å². The second kappa shape index (κ2) is 5.39. The van der Waals surface area contributed by atoms with Crippen LogP contribution in [-0.2, 0) is 19.9 Å². The number of hydrogen-bond donors (Lipinski definition) is 0. The van der Waals surface area contributed by atoms with Crippen molar-refractivity contribution in [2.45, 2.75) is 30.7 Å². The number of carbonyl (C=O) groups excluding carboxylic acids is 1. The largest absolute Gasteiger partial charge is 0.497 e. The molecule has 1 saturated heterocycles. The second-order valence-corrected chi connectivity index (χ2v) is 5.96. The molecule has 1 heterocycles. The molecule has 2 fully saturated rings. The molecule has 0 bridgehead atoms. The van der Waals surface area contributed by atoms with E-state index in [0.717, 1.165) is 29.7 Å². The van der Waals surface area contributed by atoms with Gasteiger partial charge in [0.2, 0.25) is 0 Å². The van der Waals surface area contributed by atoms with E-state index in [9.17, 15) is 4.79 Å². The van der Waals surface area contributed by atoms with Crippen LogP contribution >= 0.6 is 0 Å². The molecule has 0 spiro atoms. The predicted molar refractivity (Wildman–Crippen MR) is 84.2 cm³/mol. The predicted octanol–water partition coefficient (Wildman–Crippen LogP) is 3.04. The van der Waals surface area contributed by atoms with E-state index >= 15 is 0 Å². The molecule has 1 aliphatic heterocycles. The van der Waals surface area contributed by atoms with Gasteiger partial charge in [-0.1, -0.05) is 42.5 Å². The quantitative estimate of drug-likeness (QED) is 0.629. The van der Waals surface area contributed by atoms with E-state index in [2.05, 4.69) is 0 Å². The van der Waals surface area contributed by atoms with Crippen LogP contribution in [0.5, 0.6) is 5.75 Å². The van der Waals surface area contributed by atoms with Gasteiger partial charge < -0.3 is 14.2 Å². The smallest absolute Gasteiger partial charge is 0.339 e. The Hall–Kier alpha value is -2.33. The van der Waals surface area contributed by atoms with Crippen molar-refractivity contribution in [2.24, 2.45) is 0 Å². The van der Waals surface area contributed by atoms with Crippen LogP contribution in [0.1, 0.15) is 24.0 Å². The first-order valence-electron chi connectivity index (χ1n) is 7.82. The van der Waals surface area contributed by atoms with E-state index in [1.54, 1.807) is 7.11 Å². The molecule has 2 unspecified atom stereocenters. The van der Waals surface area contributed by atoms with Crippen LogP contribution < -0.4 is 4.74 Å². The molecule has 1 aliphatic carbocycles. The molecule has 4 heteroatoms. The van der Waals surface area contributed by atoms with Gasteiger partial charge in [-0.2, -0.15) is 0 Å². The Kier molecular flexibility index (Phi) is 3.34. The van der Waals surface area contributed by atoms with Crippen LogP contribution in [0.2, 0.25) is 0 Å². The molecule has 0 N–H and O–H groups in total. The van der Waals surface area contributed by atoms with Crippen LogP contribution in [0.25, 0.3) is 0 Å². The summed E-state index contributed by atoms with van der Waals surface area (Å²) in [5.41, 5.74) is 1.14. The minimum absolute atomic E-state index is 0.0797. The van der Waals surface area contributed by atoms with Gasteiger partial charge in [-0.05, 0) is 36.1 Å². The maximum Gasteiger partial charge on any atom is 0.339 e. The van der Waals surface area contributed by atoms with Crippen molar-refractivity contribution in [3.05, 3.63) is 65.7 Å². The number of methoxy groups -OCH3 is 1. The number of carbonyl (C=O) groups is 1. The molecular formula is C19H18O4. The second-order valence-electron chi connectivity index (χ2n) is 5.96. The molecular weight excluding hydrogens is 292 g/mol. The van der Waals surface area contributed by atoms with Gasteiger partial charge in [-0.3, -0.25) is 0 Å². The lowest BCUT2D eigenvalue weighted by Gasteiger charge is -2.14. The van der Waals surface area contributed by atoms with Gasteiger partial charge >= 0.3 is 5.97 Å². The van der Waals surface area contributed by atoms with Crippen molar-refractivity contribution < 1.29 is 19.0 Å². The summed E-state index contributed by atoms with van der Waals surface area (Å²) in [5, 5.41) is 0. The third-order valence-corrected chi connectivity index (χ3v) is 4.36. The lowest BCUT2D eigenvalue weighted by Crippen LogP contribution is -2.23. The van der Waals surface area contributed by atoms with Crippen molar-refractivity contribution in [1.29, 1.82) is 0 Å². The van der Waals surface area contributed by atoms with Crippen LogP contribution in [0, 0.1) is 0 Å². The van der Waals surface area contributed by atoms with Gasteiger partial charge in [-0.15, -0.1) is 0 Å². The Balaban J connectivity index is 1.68. The molecule has 4 rings (SSSR count). The van der Waals surface area contributed by atoms with Gasteiger partial charge in [0, 0.05) is 0 Å². The number of rotatable bonds is 5. The molecule has 23 heavy (non-hydrogen) atoms. The van der Waals surface area contributed by atoms with E-state index < -0.39 is 11.7 Å². The van der Waals surface area contributed by atoms with Crippen molar-refractivity contribution >= 4 is 5.97 Å². The fourth-order valence-corrected chi connectivity index (χ4v) is 2.91. The van der Waals surface area contributed by atoms with Crippen molar-refractivity contribution in [1.82, 2.24) is 0 Å². The van der Waals surface area contributed by atoms with Crippen molar-refractivity contribution in [2.75, 3.05) is 7.11 Å². The van der Waals surface area contributed by atoms with E-state index in [1.807, 2.05) is 54.6 Å². The van der Waals surface area contributed by atoms with E-state index in [1.165, 1.54) is 0 Å². The molecule has 2 atom stereocenters. The fourth-order valence-electron chi connectivity index (χ4n) is 2.91. The van der Waals surface area contributed by atoms with E-state index in [0.29, 0.717) is 0 Å². The highest BCUT2D eigenvalue weighted by Gasteiger charge is 2.64. The molecule has 1 saturated carbocycles. The zero-order valence-corrected chi connectivity index (χ0v) is 12.9. The summed E-state index contributed by atoms with van der Waals surface area (Å²) in [4.78, 5) is 12.4. The monoisotopic (exact) mass is 310 g/mol. The highest BCUT2D eigenvalue weighted by Crippen LogP contribution is 2.52. The fraction of sp³-hybridized carbons (Fsp3) is 0.316. The standard InChI is InChI=1S/C19H18O4/c1-21-15-9-7-14(8-10-15)19(13-5-3-2-4-6-13)17(23-19)18(20)22-16-11-12-16/h2-10,16-17H,11-12H2,1H3. The highest BCUT2D eigenvalue weighted by atomic mass is 16.7. The van der Waals surface area contributed by atoms with Crippen molar-refractivity contribution in [3.63, 3.8) is 0 Å². The van der Waals surface area contributed by atoms with Gasteiger partial charge in [-0.25, -0.2) is 4.79 Å². The first-order valence-corrected chi connectivity index (χ1v) is 7.82. The van der Waals surface area contributed by atoms with E-state index in [4.69, 9.17) is 14.2 Å². The Morgan fingerprint density at radius 1 is 1.04 bits per heavy atom. The Labute approximate surface area is 135 Å². The molecule has 2 aromatic rings. The third-order valence-electron chi connectivity index (χ3n) is 4.36. The normalized spacial score (nSPS) is 25.7. The van der Waals surface area contributed by atoms with Crippen LogP contribution in [0.15, 0.2) is 54.6 Å². The average molecular weight is 310 g/mol. The zero-order chi connectivity index (χ0) is 15.9. The average Bonchev–Trinajstić information content (AvgIpc) is 3.50. The lowest BCUT2D eigenvalue weighted by molar-refractivity contribution is -0.146. The Morgan fingerprint density at radius 2 is 1.70 bits per heavy atom. The molecule has 4 nitrogen and oxygen atoms in total. The van der Waals surface area contributed by atoms with Gasteiger partial charge in [0.15, 0.2) is 11.7 Å². The maximum absolute atomic E-state index is 12.4. The summed E-state index contributed by atoms with van der Waals surface area (Å²) in [6.45, 7) is 0. The Bertz CT molecular complexity index is 706. The summed E-state index contributed by atoms with van der Waals surface area (Å²) in [5.74, 6) is 0.502. The number of ether oxygens (including phenoxy) is 3. The zero-order valence-electron chi connectivity index (χ0n) is 12.9. The molecule has 0 amide bonds. The topological polar surface area (TPSA) is 48.1 Å². The lowest BCUT2D eigenvalue weighted by atomic mass is 9.88. The van der Waals surface area contributed by atoms with Gasteiger partial charge in [0.25, 0.3) is 0 Å². The van der Waals surface area contributed by atoms with Gasteiger partial charge in [0.1, 0.15) is 11.9 Å². The summed E-state index contributed by atoms with van der Waals surface area (Å²) < 4.78 is 16.6. The number of epoxide rings is 1. The van der Waals surface area contributed by atoms with Gasteiger partial charge in [0.05, 0.1) is 7.11 Å². The van der Waals surface area contributed by atoms with Crippen molar-refractivity contribution in [3.8, 4) is 5.75 Å². The first-order chi connectivity index (χ1) is 11.2. The molecule has 0 radical (unpaired) electrons. The Morgan fingerprint density at radius 3 is 2.30 bits per heavy atom. The number of benzene rings is 2. The summed E-state index contributed by atoms with van der Waals surface area (Å²) in [6, 6.07) is 17.5. The summed E-state index contributed by atoms with van der Waals surface area (Å²) >= 11 is 0. The highest BCUT2D eigenvalue weighted by molar-refractivity contribution is 5.82. The molecule has 2 aromatic carbocycles. The third kappa shape index (κ3) is 2.49. The minimum atomic E-state index is -0.750.